The highest BCUT2D eigenvalue weighted by Gasteiger charge is 2.08. The Balaban J connectivity index is 2.91. The second kappa shape index (κ2) is 6.09. The van der Waals surface area contributed by atoms with Crippen LogP contribution in [0, 0.1) is 12.3 Å². The molecule has 0 spiro atoms. The Kier molecular flexibility index (Phi) is 4.77. The fraction of sp³-hybridized carbons (Fsp3) is 0.538. The van der Waals surface area contributed by atoms with Crippen LogP contribution in [0.3, 0.4) is 0 Å². The molecule has 4 heteroatoms. The molecule has 1 heterocycles. The van der Waals surface area contributed by atoms with Crippen molar-refractivity contribution in [2.45, 2.75) is 45.6 Å². The molecular weight excluding hydrogens is 214 g/mol. The van der Waals surface area contributed by atoms with E-state index in [1.807, 2.05) is 13.8 Å². The Morgan fingerprint density at radius 2 is 2.29 bits per heavy atom. The zero-order valence-electron chi connectivity index (χ0n) is 10.6. The predicted octanol–water partition coefficient (Wildman–Crippen LogP) is 2.11. The molecule has 2 N–H and O–H groups in total. The van der Waals surface area contributed by atoms with E-state index in [0.29, 0.717) is 11.6 Å². The van der Waals surface area contributed by atoms with E-state index in [1.165, 1.54) is 6.07 Å². The van der Waals surface area contributed by atoms with Gasteiger partial charge in [-0.15, -0.1) is 6.42 Å². The van der Waals surface area contributed by atoms with Crippen molar-refractivity contribution in [3.05, 3.63) is 22.2 Å². The average Bonchev–Trinajstić information content (AvgIpc) is 2.27. The van der Waals surface area contributed by atoms with E-state index < -0.39 is 0 Å². The number of H-pyrrole nitrogens is 1. The summed E-state index contributed by atoms with van der Waals surface area (Å²) in [5.41, 5.74) is -0.154. The van der Waals surface area contributed by atoms with Gasteiger partial charge in [-0.3, -0.25) is 4.79 Å². The predicted molar refractivity (Wildman–Crippen MR) is 70.1 cm³/mol. The molecule has 4 nitrogen and oxygen atoms in total. The number of hydrogen-bond donors (Lipinski definition) is 2. The van der Waals surface area contributed by atoms with Crippen LogP contribution in [0.15, 0.2) is 10.9 Å². The van der Waals surface area contributed by atoms with Gasteiger partial charge in [0.25, 0.3) is 5.56 Å². The van der Waals surface area contributed by atoms with Crippen molar-refractivity contribution in [3.8, 4) is 12.3 Å². The maximum Gasteiger partial charge on any atom is 0.252 e. The molecule has 0 fully saturated rings. The third kappa shape index (κ3) is 3.95. The zero-order valence-corrected chi connectivity index (χ0v) is 10.6. The molecule has 0 saturated carbocycles. The van der Waals surface area contributed by atoms with Gasteiger partial charge in [-0.05, 0) is 6.42 Å². The molecule has 1 aromatic rings. The quantitative estimate of drug-likeness (QED) is 0.766. The summed E-state index contributed by atoms with van der Waals surface area (Å²) in [7, 11) is 0. The minimum absolute atomic E-state index is 0.0747. The summed E-state index contributed by atoms with van der Waals surface area (Å²) in [6, 6.07) is 1.36. The van der Waals surface area contributed by atoms with Gasteiger partial charge in [0.2, 0.25) is 0 Å². The summed E-state index contributed by atoms with van der Waals surface area (Å²) >= 11 is 0. The van der Waals surface area contributed by atoms with E-state index in [9.17, 15) is 4.79 Å². The topological polar surface area (TPSA) is 57.8 Å². The van der Waals surface area contributed by atoms with Gasteiger partial charge in [-0.2, -0.15) is 0 Å². The standard InChI is InChI=1S/C13H19N3O/c1-5-7-10(6-2)14-11-8-12(17)16-13(15-11)9(3)4/h2,8-10H,5,7H2,1,3-4H3,(H2,14,15,16,17). The molecule has 0 aliphatic carbocycles. The van der Waals surface area contributed by atoms with E-state index >= 15 is 0 Å². The Bertz CT molecular complexity index is 456. The molecule has 1 rings (SSSR count). The van der Waals surface area contributed by atoms with Crippen molar-refractivity contribution in [3.63, 3.8) is 0 Å². The molecule has 0 amide bonds. The summed E-state index contributed by atoms with van der Waals surface area (Å²) in [5.74, 6) is 4.06. The minimum Gasteiger partial charge on any atom is -0.356 e. The Hall–Kier alpha value is -1.76. The van der Waals surface area contributed by atoms with Crippen molar-refractivity contribution in [2.24, 2.45) is 0 Å². The van der Waals surface area contributed by atoms with E-state index in [2.05, 4.69) is 28.1 Å². The molecular formula is C13H19N3O. The molecule has 0 aromatic carbocycles. The van der Waals surface area contributed by atoms with Gasteiger partial charge < -0.3 is 10.3 Å². The molecule has 0 saturated heterocycles. The van der Waals surface area contributed by atoms with Crippen molar-refractivity contribution in [1.29, 1.82) is 0 Å². The first-order chi connectivity index (χ1) is 8.06. The van der Waals surface area contributed by atoms with Gasteiger partial charge in [-0.25, -0.2) is 4.98 Å². The fourth-order valence-corrected chi connectivity index (χ4v) is 1.49. The molecule has 0 radical (unpaired) electrons. The normalized spacial score (nSPS) is 12.2. The maximum absolute atomic E-state index is 11.5. The Morgan fingerprint density at radius 3 is 2.82 bits per heavy atom. The first-order valence-corrected chi connectivity index (χ1v) is 5.90. The third-order valence-electron chi connectivity index (χ3n) is 2.41. The molecule has 92 valence electrons. The number of aromatic amines is 1. The first-order valence-electron chi connectivity index (χ1n) is 5.90. The number of aromatic nitrogens is 2. The molecule has 1 unspecified atom stereocenters. The maximum atomic E-state index is 11.5. The summed E-state index contributed by atoms with van der Waals surface area (Å²) < 4.78 is 0. The third-order valence-corrected chi connectivity index (χ3v) is 2.41. The van der Waals surface area contributed by atoms with Crippen LogP contribution in [0.2, 0.25) is 0 Å². The zero-order chi connectivity index (χ0) is 12.8. The van der Waals surface area contributed by atoms with Crippen LogP contribution in [0.25, 0.3) is 0 Å². The highest BCUT2D eigenvalue weighted by molar-refractivity contribution is 5.37. The van der Waals surface area contributed by atoms with Gasteiger partial charge >= 0.3 is 0 Å². The molecule has 1 atom stereocenters. The van der Waals surface area contributed by atoms with Gasteiger partial charge in [0.05, 0.1) is 6.04 Å². The highest BCUT2D eigenvalue weighted by Crippen LogP contribution is 2.10. The van der Waals surface area contributed by atoms with E-state index in [0.717, 1.165) is 12.8 Å². The summed E-state index contributed by atoms with van der Waals surface area (Å²) in [6.07, 6.45) is 7.27. The lowest BCUT2D eigenvalue weighted by atomic mass is 10.2. The van der Waals surface area contributed by atoms with E-state index in [1.54, 1.807) is 0 Å². The molecule has 0 aliphatic rings. The average molecular weight is 233 g/mol. The first kappa shape index (κ1) is 13.3. The lowest BCUT2D eigenvalue weighted by molar-refractivity contribution is 0.737. The van der Waals surface area contributed by atoms with Crippen LogP contribution in [-0.2, 0) is 0 Å². The number of anilines is 1. The molecule has 0 aliphatic heterocycles. The molecule has 1 aromatic heterocycles. The van der Waals surface area contributed by atoms with Crippen LogP contribution in [0.1, 0.15) is 45.4 Å². The number of rotatable bonds is 5. The lowest BCUT2D eigenvalue weighted by Gasteiger charge is -2.13. The smallest absolute Gasteiger partial charge is 0.252 e. The van der Waals surface area contributed by atoms with Crippen LogP contribution in [0.5, 0.6) is 0 Å². The number of nitrogens with one attached hydrogen (secondary N) is 2. The highest BCUT2D eigenvalue weighted by atomic mass is 16.1. The number of hydrogen-bond acceptors (Lipinski definition) is 3. The van der Waals surface area contributed by atoms with Crippen LogP contribution >= 0.6 is 0 Å². The number of terminal acetylenes is 1. The monoisotopic (exact) mass is 233 g/mol. The SMILES string of the molecule is C#CC(CCC)Nc1cc(=O)[nH]c(C(C)C)n1. The summed E-state index contributed by atoms with van der Waals surface area (Å²) in [6.45, 7) is 6.02. The van der Waals surface area contributed by atoms with Gasteiger partial charge in [-0.1, -0.05) is 33.1 Å². The van der Waals surface area contributed by atoms with Crippen LogP contribution < -0.4 is 10.9 Å². The van der Waals surface area contributed by atoms with Crippen LogP contribution in [0.4, 0.5) is 5.82 Å². The van der Waals surface area contributed by atoms with Crippen molar-refractivity contribution < 1.29 is 0 Å². The van der Waals surface area contributed by atoms with Crippen molar-refractivity contribution >= 4 is 5.82 Å². The van der Waals surface area contributed by atoms with Crippen LogP contribution in [-0.4, -0.2) is 16.0 Å². The Labute approximate surface area is 102 Å². The largest absolute Gasteiger partial charge is 0.356 e. The van der Waals surface area contributed by atoms with Gasteiger partial charge in [0.15, 0.2) is 0 Å². The van der Waals surface area contributed by atoms with Gasteiger partial charge in [0.1, 0.15) is 11.6 Å². The van der Waals surface area contributed by atoms with Crippen molar-refractivity contribution in [2.75, 3.05) is 5.32 Å². The van der Waals surface area contributed by atoms with Crippen molar-refractivity contribution in [1.82, 2.24) is 9.97 Å². The fourth-order valence-electron chi connectivity index (χ4n) is 1.49. The molecule has 0 bridgehead atoms. The van der Waals surface area contributed by atoms with E-state index in [4.69, 9.17) is 6.42 Å². The number of nitrogens with zero attached hydrogens (tertiary/aromatic N) is 1. The molecule has 17 heavy (non-hydrogen) atoms. The Morgan fingerprint density at radius 1 is 1.59 bits per heavy atom. The second-order valence-corrected chi connectivity index (χ2v) is 4.32. The summed E-state index contributed by atoms with van der Waals surface area (Å²) in [5, 5.41) is 3.10. The van der Waals surface area contributed by atoms with E-state index in [-0.39, 0.29) is 17.5 Å². The van der Waals surface area contributed by atoms with Gasteiger partial charge in [0, 0.05) is 12.0 Å². The minimum atomic E-state index is -0.154. The summed E-state index contributed by atoms with van der Waals surface area (Å²) in [4.78, 5) is 18.5. The second-order valence-electron chi connectivity index (χ2n) is 4.32. The lowest BCUT2D eigenvalue weighted by Crippen LogP contribution is -2.21.